The van der Waals surface area contributed by atoms with Gasteiger partial charge in [-0.2, -0.15) is 0 Å². The molecule has 1 saturated heterocycles. The number of benzene rings is 1. The maximum absolute atomic E-state index is 13.2. The van der Waals surface area contributed by atoms with Crippen LogP contribution in [0.5, 0.6) is 0 Å². The zero-order valence-corrected chi connectivity index (χ0v) is 14.2. The minimum atomic E-state index is -0.180. The summed E-state index contributed by atoms with van der Waals surface area (Å²) in [6.45, 7) is 3.53. The molecule has 5 heteroatoms. The Morgan fingerprint density at radius 3 is 2.87 bits per heavy atom. The van der Waals surface area contributed by atoms with E-state index in [4.69, 9.17) is 4.74 Å². The Bertz CT molecular complexity index is 501. The number of hydrogen-bond acceptors (Lipinski definition) is 2. The third-order valence-electron chi connectivity index (χ3n) is 4.37. The van der Waals surface area contributed by atoms with Crippen LogP contribution in [0.3, 0.4) is 0 Å². The molecule has 1 aromatic rings. The van der Waals surface area contributed by atoms with Crippen molar-refractivity contribution in [2.45, 2.75) is 25.7 Å². The van der Waals surface area contributed by atoms with E-state index in [1.165, 1.54) is 25.3 Å². The zero-order valence-electron chi connectivity index (χ0n) is 14.2. The van der Waals surface area contributed by atoms with E-state index in [0.29, 0.717) is 0 Å². The molecule has 0 spiro atoms. The number of nitrogens with one attached hydrogen (secondary N) is 1. The molecule has 0 bridgehead atoms. The second-order valence-corrected chi connectivity index (χ2v) is 6.12. The lowest BCUT2D eigenvalue weighted by atomic mass is 9.96. The van der Waals surface area contributed by atoms with Crippen LogP contribution in [0.1, 0.15) is 24.8 Å². The Kier molecular flexibility index (Phi) is 7.33. The van der Waals surface area contributed by atoms with Gasteiger partial charge in [0, 0.05) is 40.4 Å². The van der Waals surface area contributed by atoms with E-state index in [1.54, 1.807) is 19.2 Å². The van der Waals surface area contributed by atoms with Crippen molar-refractivity contribution in [3.05, 3.63) is 35.6 Å². The molecule has 0 aliphatic carbocycles. The highest BCUT2D eigenvalue weighted by Crippen LogP contribution is 2.18. The van der Waals surface area contributed by atoms with E-state index >= 15 is 0 Å². The third kappa shape index (κ3) is 6.18. The molecule has 1 N–H and O–H groups in total. The van der Waals surface area contributed by atoms with E-state index in [-0.39, 0.29) is 5.82 Å². The molecule has 1 aliphatic rings. The van der Waals surface area contributed by atoms with Crippen LogP contribution < -0.4 is 5.32 Å². The topological polar surface area (TPSA) is 36.9 Å². The molecule has 0 amide bonds. The fourth-order valence-electron chi connectivity index (χ4n) is 2.91. The van der Waals surface area contributed by atoms with Crippen molar-refractivity contribution in [2.75, 3.05) is 40.4 Å². The molecule has 1 aromatic carbocycles. The van der Waals surface area contributed by atoms with Gasteiger partial charge in [-0.05, 0) is 49.3 Å². The molecule has 1 aliphatic heterocycles. The molecular weight excluding hydrogens is 293 g/mol. The Morgan fingerprint density at radius 1 is 1.39 bits per heavy atom. The highest BCUT2D eigenvalue weighted by molar-refractivity contribution is 5.79. The Labute approximate surface area is 138 Å². The Hall–Kier alpha value is -1.62. The minimum absolute atomic E-state index is 0.180. The summed E-state index contributed by atoms with van der Waals surface area (Å²) in [4.78, 5) is 6.50. The van der Waals surface area contributed by atoms with Crippen molar-refractivity contribution < 1.29 is 9.13 Å². The smallest absolute Gasteiger partial charge is 0.193 e. The predicted molar refractivity (Wildman–Crippen MR) is 92.3 cm³/mol. The van der Waals surface area contributed by atoms with Gasteiger partial charge < -0.3 is 15.0 Å². The highest BCUT2D eigenvalue weighted by atomic mass is 19.1. The normalized spacial score (nSPS) is 16.4. The number of ether oxygens (including phenoxy) is 1. The SMILES string of the molecule is CN=C(NCCc1cccc(F)c1)N(C)CCC1CCOCC1. The molecule has 23 heavy (non-hydrogen) atoms. The van der Waals surface area contributed by atoms with Crippen LogP contribution in [0.15, 0.2) is 29.3 Å². The summed E-state index contributed by atoms with van der Waals surface area (Å²) in [5.74, 6) is 1.48. The zero-order chi connectivity index (χ0) is 16.5. The first-order valence-electron chi connectivity index (χ1n) is 8.43. The largest absolute Gasteiger partial charge is 0.381 e. The number of guanidine groups is 1. The number of aliphatic imine (C=N–C) groups is 1. The van der Waals surface area contributed by atoms with Gasteiger partial charge in [0.05, 0.1) is 0 Å². The quantitative estimate of drug-likeness (QED) is 0.646. The molecule has 0 radical (unpaired) electrons. The predicted octanol–water partition coefficient (Wildman–Crippen LogP) is 2.69. The summed E-state index contributed by atoms with van der Waals surface area (Å²) in [5, 5.41) is 3.35. The lowest BCUT2D eigenvalue weighted by Gasteiger charge is -2.26. The number of nitrogens with zero attached hydrogens (tertiary/aromatic N) is 2. The molecule has 0 atom stereocenters. The molecule has 0 aromatic heterocycles. The van der Waals surface area contributed by atoms with Crippen LogP contribution in [-0.2, 0) is 11.2 Å². The molecule has 128 valence electrons. The number of rotatable bonds is 6. The lowest BCUT2D eigenvalue weighted by molar-refractivity contribution is 0.0625. The summed E-state index contributed by atoms with van der Waals surface area (Å²) in [6.07, 6.45) is 4.29. The molecular formula is C18H28FN3O. The van der Waals surface area contributed by atoms with Gasteiger partial charge in [0.1, 0.15) is 5.82 Å². The summed E-state index contributed by atoms with van der Waals surface area (Å²) in [5.41, 5.74) is 0.998. The molecule has 1 heterocycles. The molecule has 2 rings (SSSR count). The minimum Gasteiger partial charge on any atom is -0.381 e. The van der Waals surface area contributed by atoms with Gasteiger partial charge in [0.25, 0.3) is 0 Å². The lowest BCUT2D eigenvalue weighted by Crippen LogP contribution is -2.40. The van der Waals surface area contributed by atoms with Gasteiger partial charge >= 0.3 is 0 Å². The highest BCUT2D eigenvalue weighted by Gasteiger charge is 2.15. The van der Waals surface area contributed by atoms with Crippen LogP contribution in [0.4, 0.5) is 4.39 Å². The summed E-state index contributed by atoms with van der Waals surface area (Å²) in [7, 11) is 3.87. The molecule has 4 nitrogen and oxygen atoms in total. The standard InChI is InChI=1S/C18H28FN3O/c1-20-18(21-10-6-16-4-3-5-17(19)14-16)22(2)11-7-15-8-12-23-13-9-15/h3-5,14-15H,6-13H2,1-2H3,(H,20,21). The summed E-state index contributed by atoms with van der Waals surface area (Å²) in [6, 6.07) is 6.75. The van der Waals surface area contributed by atoms with Crippen molar-refractivity contribution in [3.63, 3.8) is 0 Å². The van der Waals surface area contributed by atoms with Gasteiger partial charge in [0.15, 0.2) is 5.96 Å². The van der Waals surface area contributed by atoms with E-state index in [1.807, 2.05) is 6.07 Å². The number of hydrogen-bond donors (Lipinski definition) is 1. The van der Waals surface area contributed by atoms with Crippen molar-refractivity contribution in [1.82, 2.24) is 10.2 Å². The van der Waals surface area contributed by atoms with Crippen LogP contribution in [0.2, 0.25) is 0 Å². The monoisotopic (exact) mass is 321 g/mol. The maximum atomic E-state index is 13.2. The second kappa shape index (κ2) is 9.50. The van der Waals surface area contributed by atoms with Crippen molar-refractivity contribution in [1.29, 1.82) is 0 Å². The van der Waals surface area contributed by atoms with Crippen molar-refractivity contribution in [2.24, 2.45) is 10.9 Å². The van der Waals surface area contributed by atoms with Crippen LogP contribution >= 0.6 is 0 Å². The molecule has 0 saturated carbocycles. The van der Waals surface area contributed by atoms with Gasteiger partial charge in [-0.3, -0.25) is 4.99 Å². The summed E-state index contributed by atoms with van der Waals surface area (Å²) >= 11 is 0. The van der Waals surface area contributed by atoms with E-state index < -0.39 is 0 Å². The first-order chi connectivity index (χ1) is 11.2. The Morgan fingerprint density at radius 2 is 2.17 bits per heavy atom. The number of halogens is 1. The van der Waals surface area contributed by atoms with Crippen LogP contribution in [0.25, 0.3) is 0 Å². The van der Waals surface area contributed by atoms with Crippen molar-refractivity contribution in [3.8, 4) is 0 Å². The first kappa shape index (κ1) is 17.7. The van der Waals surface area contributed by atoms with Crippen LogP contribution in [-0.4, -0.2) is 51.3 Å². The fourth-order valence-corrected chi connectivity index (χ4v) is 2.91. The van der Waals surface area contributed by atoms with E-state index in [0.717, 1.165) is 50.2 Å². The van der Waals surface area contributed by atoms with E-state index in [2.05, 4.69) is 22.3 Å². The van der Waals surface area contributed by atoms with Crippen LogP contribution in [0, 0.1) is 11.7 Å². The summed E-state index contributed by atoms with van der Waals surface area (Å²) < 4.78 is 18.6. The Balaban J connectivity index is 1.71. The third-order valence-corrected chi connectivity index (χ3v) is 4.37. The first-order valence-corrected chi connectivity index (χ1v) is 8.43. The van der Waals surface area contributed by atoms with E-state index in [9.17, 15) is 4.39 Å². The molecule has 1 fully saturated rings. The average Bonchev–Trinajstić information content (AvgIpc) is 2.57. The second-order valence-electron chi connectivity index (χ2n) is 6.12. The fraction of sp³-hybridized carbons (Fsp3) is 0.611. The van der Waals surface area contributed by atoms with Crippen molar-refractivity contribution >= 4 is 5.96 Å². The van der Waals surface area contributed by atoms with Gasteiger partial charge in [-0.25, -0.2) is 4.39 Å². The van der Waals surface area contributed by atoms with Gasteiger partial charge in [0.2, 0.25) is 0 Å². The average molecular weight is 321 g/mol. The molecule has 0 unspecified atom stereocenters. The van der Waals surface area contributed by atoms with Gasteiger partial charge in [-0.1, -0.05) is 12.1 Å². The maximum Gasteiger partial charge on any atom is 0.193 e. The van der Waals surface area contributed by atoms with Gasteiger partial charge in [-0.15, -0.1) is 0 Å².